The highest BCUT2D eigenvalue weighted by Gasteiger charge is 2.19. The molecule has 1 N–H and O–H groups in total. The Labute approximate surface area is 121 Å². The Hall–Kier alpha value is -0.0700. The minimum Gasteiger partial charge on any atom is -0.383 e. The SMILES string of the molecule is COCCNCc1ccc(SC2COC2)cc1Br. The van der Waals surface area contributed by atoms with Crippen LogP contribution in [0.3, 0.4) is 0 Å². The van der Waals surface area contributed by atoms with Crippen molar-refractivity contribution in [2.75, 3.05) is 33.5 Å². The fourth-order valence-corrected chi connectivity index (χ4v) is 3.33. The largest absolute Gasteiger partial charge is 0.383 e. The molecule has 1 aliphatic heterocycles. The Morgan fingerprint density at radius 2 is 2.33 bits per heavy atom. The van der Waals surface area contributed by atoms with Gasteiger partial charge in [-0.1, -0.05) is 22.0 Å². The van der Waals surface area contributed by atoms with Crippen LogP contribution < -0.4 is 5.32 Å². The maximum absolute atomic E-state index is 5.18. The van der Waals surface area contributed by atoms with Crippen LogP contribution in [-0.4, -0.2) is 38.7 Å². The van der Waals surface area contributed by atoms with E-state index in [9.17, 15) is 0 Å². The maximum Gasteiger partial charge on any atom is 0.0611 e. The quantitative estimate of drug-likeness (QED) is 0.778. The molecule has 1 aromatic carbocycles. The van der Waals surface area contributed by atoms with Crippen LogP contribution >= 0.6 is 27.7 Å². The van der Waals surface area contributed by atoms with Gasteiger partial charge in [-0.05, 0) is 17.7 Å². The van der Waals surface area contributed by atoms with Gasteiger partial charge in [-0.3, -0.25) is 0 Å². The molecule has 2 rings (SSSR count). The summed E-state index contributed by atoms with van der Waals surface area (Å²) in [7, 11) is 1.72. The molecule has 1 aliphatic rings. The average molecular weight is 332 g/mol. The highest BCUT2D eigenvalue weighted by Crippen LogP contribution is 2.31. The predicted octanol–water partition coefficient (Wildman–Crippen LogP) is 2.68. The normalized spacial score (nSPS) is 15.7. The number of rotatable bonds is 7. The second kappa shape index (κ2) is 7.50. The lowest BCUT2D eigenvalue weighted by Crippen LogP contribution is -2.30. The number of hydrogen-bond donors (Lipinski definition) is 1. The molecule has 0 unspecified atom stereocenters. The van der Waals surface area contributed by atoms with Crippen molar-refractivity contribution < 1.29 is 9.47 Å². The molecule has 0 saturated carbocycles. The summed E-state index contributed by atoms with van der Waals surface area (Å²) in [4.78, 5) is 1.30. The molecular weight excluding hydrogens is 314 g/mol. The van der Waals surface area contributed by atoms with Crippen LogP contribution in [-0.2, 0) is 16.0 Å². The van der Waals surface area contributed by atoms with E-state index < -0.39 is 0 Å². The molecule has 0 atom stereocenters. The third-order valence-electron chi connectivity index (χ3n) is 2.73. The second-order valence-corrected chi connectivity index (χ2v) is 6.43. The minimum atomic E-state index is 0.627. The Morgan fingerprint density at radius 3 is 2.94 bits per heavy atom. The average Bonchev–Trinajstić information content (AvgIpc) is 2.31. The molecule has 0 spiro atoms. The molecule has 1 saturated heterocycles. The van der Waals surface area contributed by atoms with E-state index >= 15 is 0 Å². The van der Waals surface area contributed by atoms with Crippen molar-refractivity contribution >= 4 is 27.7 Å². The molecule has 0 aliphatic carbocycles. The van der Waals surface area contributed by atoms with Crippen molar-refractivity contribution in [3.8, 4) is 0 Å². The molecule has 100 valence electrons. The zero-order valence-corrected chi connectivity index (χ0v) is 12.9. The van der Waals surface area contributed by atoms with Crippen molar-refractivity contribution in [3.05, 3.63) is 28.2 Å². The van der Waals surface area contributed by atoms with E-state index in [0.717, 1.165) is 37.4 Å². The van der Waals surface area contributed by atoms with Gasteiger partial charge in [-0.25, -0.2) is 0 Å². The molecule has 0 bridgehead atoms. The van der Waals surface area contributed by atoms with E-state index in [1.54, 1.807) is 7.11 Å². The van der Waals surface area contributed by atoms with Crippen LogP contribution in [0.15, 0.2) is 27.6 Å². The van der Waals surface area contributed by atoms with Crippen molar-refractivity contribution in [2.24, 2.45) is 0 Å². The van der Waals surface area contributed by atoms with E-state index in [-0.39, 0.29) is 0 Å². The van der Waals surface area contributed by atoms with Crippen LogP contribution in [0.25, 0.3) is 0 Å². The summed E-state index contributed by atoms with van der Waals surface area (Å²) in [6.45, 7) is 4.23. The summed E-state index contributed by atoms with van der Waals surface area (Å²) in [6, 6.07) is 6.54. The predicted molar refractivity (Wildman–Crippen MR) is 78.2 cm³/mol. The molecule has 3 nitrogen and oxygen atoms in total. The third-order valence-corrected chi connectivity index (χ3v) is 4.60. The van der Waals surface area contributed by atoms with Crippen molar-refractivity contribution in [1.29, 1.82) is 0 Å². The standard InChI is InChI=1S/C13H18BrNO2S/c1-16-5-4-15-7-10-2-3-11(6-13(10)14)18-12-8-17-9-12/h2-3,6,12,15H,4-5,7-9H2,1H3. The Balaban J connectivity index is 1.84. The highest BCUT2D eigenvalue weighted by molar-refractivity contribution is 9.10. The zero-order chi connectivity index (χ0) is 12.8. The maximum atomic E-state index is 5.18. The van der Waals surface area contributed by atoms with Crippen molar-refractivity contribution in [1.82, 2.24) is 5.32 Å². The van der Waals surface area contributed by atoms with E-state index in [4.69, 9.17) is 9.47 Å². The fourth-order valence-electron chi connectivity index (χ4n) is 1.62. The summed E-state index contributed by atoms with van der Waals surface area (Å²) >= 11 is 5.52. The Morgan fingerprint density at radius 1 is 1.50 bits per heavy atom. The van der Waals surface area contributed by atoms with Gasteiger partial charge in [0.05, 0.1) is 25.1 Å². The monoisotopic (exact) mass is 331 g/mol. The van der Waals surface area contributed by atoms with Crippen molar-refractivity contribution in [3.63, 3.8) is 0 Å². The second-order valence-electron chi connectivity index (χ2n) is 4.20. The molecule has 0 radical (unpaired) electrons. The topological polar surface area (TPSA) is 30.5 Å². The Bertz CT molecular complexity index is 385. The molecule has 1 fully saturated rings. The van der Waals surface area contributed by atoms with Crippen molar-refractivity contribution in [2.45, 2.75) is 16.7 Å². The molecule has 18 heavy (non-hydrogen) atoms. The lowest BCUT2D eigenvalue weighted by Gasteiger charge is -2.25. The zero-order valence-electron chi connectivity index (χ0n) is 10.4. The van der Waals surface area contributed by atoms with Gasteiger partial charge in [0.2, 0.25) is 0 Å². The van der Waals surface area contributed by atoms with Gasteiger partial charge in [0.25, 0.3) is 0 Å². The minimum absolute atomic E-state index is 0.627. The first-order chi connectivity index (χ1) is 8.79. The summed E-state index contributed by atoms with van der Waals surface area (Å²) in [5.41, 5.74) is 1.28. The van der Waals surface area contributed by atoms with Crippen LogP contribution in [0.4, 0.5) is 0 Å². The first-order valence-corrected chi connectivity index (χ1v) is 7.69. The molecule has 1 heterocycles. The van der Waals surface area contributed by atoms with Gasteiger partial charge in [0, 0.05) is 29.6 Å². The number of ether oxygens (including phenoxy) is 2. The summed E-state index contributed by atoms with van der Waals surface area (Å²) < 4.78 is 11.3. The fraction of sp³-hybridized carbons (Fsp3) is 0.538. The third kappa shape index (κ3) is 4.24. The van der Waals surface area contributed by atoms with Gasteiger partial charge in [0.15, 0.2) is 0 Å². The van der Waals surface area contributed by atoms with Gasteiger partial charge < -0.3 is 14.8 Å². The summed E-state index contributed by atoms with van der Waals surface area (Å²) in [5.74, 6) is 0. The first-order valence-electron chi connectivity index (χ1n) is 6.02. The first kappa shape index (κ1) is 14.3. The smallest absolute Gasteiger partial charge is 0.0611 e. The molecule has 1 aromatic rings. The van der Waals surface area contributed by atoms with E-state index in [0.29, 0.717) is 5.25 Å². The van der Waals surface area contributed by atoms with Crippen LogP contribution in [0, 0.1) is 0 Å². The van der Waals surface area contributed by atoms with Gasteiger partial charge in [-0.2, -0.15) is 0 Å². The summed E-state index contributed by atoms with van der Waals surface area (Å²) in [6.07, 6.45) is 0. The number of nitrogens with one attached hydrogen (secondary N) is 1. The number of methoxy groups -OCH3 is 1. The number of benzene rings is 1. The summed E-state index contributed by atoms with van der Waals surface area (Å²) in [5, 5.41) is 3.97. The number of hydrogen-bond acceptors (Lipinski definition) is 4. The Kier molecular flexibility index (Phi) is 5.98. The molecule has 0 amide bonds. The van der Waals surface area contributed by atoms with Gasteiger partial charge in [0.1, 0.15) is 0 Å². The number of halogens is 1. The number of thioether (sulfide) groups is 1. The van der Waals surface area contributed by atoms with Gasteiger partial charge >= 0.3 is 0 Å². The van der Waals surface area contributed by atoms with Crippen LogP contribution in [0.1, 0.15) is 5.56 Å². The molecular formula is C13H18BrNO2S. The van der Waals surface area contributed by atoms with Crippen LogP contribution in [0.5, 0.6) is 0 Å². The molecule has 0 aromatic heterocycles. The van der Waals surface area contributed by atoms with Crippen LogP contribution in [0.2, 0.25) is 0 Å². The highest BCUT2D eigenvalue weighted by atomic mass is 79.9. The van der Waals surface area contributed by atoms with Gasteiger partial charge in [-0.15, -0.1) is 11.8 Å². The lowest BCUT2D eigenvalue weighted by molar-refractivity contribution is 0.0455. The van der Waals surface area contributed by atoms with E-state index in [1.807, 2.05) is 11.8 Å². The van der Waals surface area contributed by atoms with E-state index in [2.05, 4.69) is 39.4 Å². The lowest BCUT2D eigenvalue weighted by atomic mass is 10.2. The van der Waals surface area contributed by atoms with E-state index in [1.165, 1.54) is 10.5 Å². The molecule has 5 heteroatoms.